The lowest BCUT2D eigenvalue weighted by molar-refractivity contribution is -0.137. The molecule has 5 rings (SSSR count). The van der Waals surface area contributed by atoms with E-state index in [1.165, 1.54) is 12.1 Å². The number of ether oxygens (including phenoxy) is 1. The van der Waals surface area contributed by atoms with Crippen LogP contribution in [0.3, 0.4) is 0 Å². The minimum absolute atomic E-state index is 0.0257. The average molecular weight is 463 g/mol. The number of benzene rings is 2. The highest BCUT2D eigenvalue weighted by atomic mass is 35.5. The van der Waals surface area contributed by atoms with E-state index in [0.29, 0.717) is 23.9 Å². The van der Waals surface area contributed by atoms with Crippen molar-refractivity contribution in [2.24, 2.45) is 0 Å². The van der Waals surface area contributed by atoms with E-state index in [2.05, 4.69) is 20.1 Å². The molecule has 168 valence electrons. The topological polar surface area (TPSA) is 52.0 Å². The molecule has 2 aromatic carbocycles. The van der Waals surface area contributed by atoms with Crippen LogP contribution in [0.1, 0.15) is 54.4 Å². The Labute approximate surface area is 188 Å². The van der Waals surface area contributed by atoms with Crippen LogP contribution in [0.15, 0.2) is 42.5 Å². The molecule has 0 bridgehead atoms. The number of hydrogen-bond donors (Lipinski definition) is 1. The molecule has 1 aliphatic heterocycles. The standard InChI is InChI=1S/C23H22ClF3N4O/c24-17-5-10-20-15(11-17)12-28-13-21-29-30-22(31(20)21)14-1-6-18(7-2-14)32-19-8-3-16(4-9-19)23(25,26)27/h3-5,8-11,14,18,28H,1-2,6-7,12-13H2. The fraction of sp³-hybridized carbons (Fsp3) is 0.391. The van der Waals surface area contributed by atoms with Crippen LogP contribution in [0.5, 0.6) is 5.75 Å². The van der Waals surface area contributed by atoms with Gasteiger partial charge in [0.05, 0.1) is 23.9 Å². The fourth-order valence-corrected chi connectivity index (χ4v) is 4.74. The quantitative estimate of drug-likeness (QED) is 0.546. The van der Waals surface area contributed by atoms with Crippen LogP contribution in [-0.2, 0) is 19.3 Å². The number of aromatic nitrogens is 3. The van der Waals surface area contributed by atoms with Gasteiger partial charge in [-0.15, -0.1) is 10.2 Å². The SMILES string of the molecule is FC(F)(F)c1ccc(OC2CCC(c3nnc4n3-c3ccc(Cl)cc3CNC4)CC2)cc1. The number of nitrogens with one attached hydrogen (secondary N) is 1. The largest absolute Gasteiger partial charge is 0.490 e. The van der Waals surface area contributed by atoms with Gasteiger partial charge in [-0.25, -0.2) is 0 Å². The van der Waals surface area contributed by atoms with Crippen molar-refractivity contribution < 1.29 is 17.9 Å². The van der Waals surface area contributed by atoms with E-state index in [1.807, 2.05) is 18.2 Å². The summed E-state index contributed by atoms with van der Waals surface area (Å²) in [6.45, 7) is 1.35. The van der Waals surface area contributed by atoms with Crippen LogP contribution in [0, 0.1) is 0 Å². The normalized spacial score (nSPS) is 20.9. The van der Waals surface area contributed by atoms with Gasteiger partial charge in [0, 0.05) is 17.5 Å². The maximum absolute atomic E-state index is 12.7. The molecule has 0 spiro atoms. The maximum Gasteiger partial charge on any atom is 0.416 e. The summed E-state index contributed by atoms with van der Waals surface area (Å²) in [6, 6.07) is 10.8. The zero-order valence-corrected chi connectivity index (χ0v) is 18.0. The molecule has 3 aromatic rings. The number of halogens is 4. The summed E-state index contributed by atoms with van der Waals surface area (Å²) < 4.78 is 46.3. The van der Waals surface area contributed by atoms with Gasteiger partial charge in [-0.3, -0.25) is 4.57 Å². The molecule has 1 aliphatic carbocycles. The molecule has 1 fully saturated rings. The van der Waals surface area contributed by atoms with E-state index < -0.39 is 11.7 Å². The van der Waals surface area contributed by atoms with Crippen LogP contribution < -0.4 is 10.1 Å². The van der Waals surface area contributed by atoms with Crippen molar-refractivity contribution in [3.63, 3.8) is 0 Å². The van der Waals surface area contributed by atoms with Gasteiger partial charge >= 0.3 is 6.18 Å². The number of fused-ring (bicyclic) bond motifs is 3. The Morgan fingerprint density at radius 3 is 2.44 bits per heavy atom. The highest BCUT2D eigenvalue weighted by Gasteiger charge is 2.31. The van der Waals surface area contributed by atoms with Crippen molar-refractivity contribution in [1.82, 2.24) is 20.1 Å². The van der Waals surface area contributed by atoms with Gasteiger partial charge in [0.1, 0.15) is 11.6 Å². The minimum Gasteiger partial charge on any atom is -0.490 e. The first kappa shape index (κ1) is 21.3. The molecule has 0 radical (unpaired) electrons. The first-order valence-corrected chi connectivity index (χ1v) is 11.0. The molecule has 9 heteroatoms. The predicted octanol–water partition coefficient (Wildman–Crippen LogP) is 5.65. The molecule has 0 unspecified atom stereocenters. The summed E-state index contributed by atoms with van der Waals surface area (Å²) in [5, 5.41) is 13.0. The zero-order chi connectivity index (χ0) is 22.3. The Hall–Kier alpha value is -2.58. The number of hydrogen-bond acceptors (Lipinski definition) is 4. The van der Waals surface area contributed by atoms with Crippen LogP contribution in [0.2, 0.25) is 5.02 Å². The molecule has 5 nitrogen and oxygen atoms in total. The Balaban J connectivity index is 1.29. The highest BCUT2D eigenvalue weighted by molar-refractivity contribution is 6.30. The Morgan fingerprint density at radius 2 is 1.72 bits per heavy atom. The monoisotopic (exact) mass is 462 g/mol. The Bertz CT molecular complexity index is 1110. The Morgan fingerprint density at radius 1 is 0.969 bits per heavy atom. The van der Waals surface area contributed by atoms with E-state index in [0.717, 1.165) is 60.7 Å². The lowest BCUT2D eigenvalue weighted by Crippen LogP contribution is -2.25. The van der Waals surface area contributed by atoms with Crippen molar-refractivity contribution in [2.45, 2.75) is 57.0 Å². The summed E-state index contributed by atoms with van der Waals surface area (Å²) in [4.78, 5) is 0. The molecule has 0 amide bonds. The third-order valence-corrected chi connectivity index (χ3v) is 6.39. The maximum atomic E-state index is 12.7. The van der Waals surface area contributed by atoms with Gasteiger partial charge in [0.2, 0.25) is 0 Å². The minimum atomic E-state index is -4.34. The average Bonchev–Trinajstić information content (AvgIpc) is 3.09. The smallest absolute Gasteiger partial charge is 0.416 e. The summed E-state index contributed by atoms with van der Waals surface area (Å²) in [5.41, 5.74) is 1.49. The predicted molar refractivity (Wildman–Crippen MR) is 114 cm³/mol. The van der Waals surface area contributed by atoms with Crippen molar-refractivity contribution in [3.8, 4) is 11.4 Å². The third-order valence-electron chi connectivity index (χ3n) is 6.16. The zero-order valence-electron chi connectivity index (χ0n) is 17.2. The lowest BCUT2D eigenvalue weighted by Gasteiger charge is -2.29. The fourth-order valence-electron chi connectivity index (χ4n) is 4.55. The van der Waals surface area contributed by atoms with Crippen LogP contribution in [0.25, 0.3) is 5.69 Å². The second-order valence-electron chi connectivity index (χ2n) is 8.30. The van der Waals surface area contributed by atoms with Crippen LogP contribution in [0.4, 0.5) is 13.2 Å². The molecule has 1 aromatic heterocycles. The highest BCUT2D eigenvalue weighted by Crippen LogP contribution is 2.37. The molecular formula is C23H22ClF3N4O. The lowest BCUT2D eigenvalue weighted by atomic mass is 9.86. The molecule has 0 saturated heterocycles. The van der Waals surface area contributed by atoms with E-state index in [9.17, 15) is 13.2 Å². The van der Waals surface area contributed by atoms with E-state index in [4.69, 9.17) is 16.3 Å². The number of nitrogens with zero attached hydrogens (tertiary/aromatic N) is 3. The van der Waals surface area contributed by atoms with Gasteiger partial charge in [-0.1, -0.05) is 11.6 Å². The molecule has 2 heterocycles. The van der Waals surface area contributed by atoms with Crippen molar-refractivity contribution in [1.29, 1.82) is 0 Å². The van der Waals surface area contributed by atoms with Gasteiger partial charge in [-0.05, 0) is 73.7 Å². The van der Waals surface area contributed by atoms with E-state index in [1.54, 1.807) is 0 Å². The van der Waals surface area contributed by atoms with Gasteiger partial charge in [0.15, 0.2) is 5.82 Å². The van der Waals surface area contributed by atoms with E-state index in [-0.39, 0.29) is 12.0 Å². The van der Waals surface area contributed by atoms with Crippen LogP contribution >= 0.6 is 11.6 Å². The number of alkyl halides is 3. The summed E-state index contributed by atoms with van der Waals surface area (Å²) in [7, 11) is 0. The third kappa shape index (κ3) is 4.21. The van der Waals surface area contributed by atoms with Gasteiger partial charge in [-0.2, -0.15) is 13.2 Å². The van der Waals surface area contributed by atoms with E-state index >= 15 is 0 Å². The second-order valence-corrected chi connectivity index (χ2v) is 8.74. The van der Waals surface area contributed by atoms with Crippen LogP contribution in [-0.4, -0.2) is 20.9 Å². The first-order chi connectivity index (χ1) is 15.4. The summed E-state index contributed by atoms with van der Waals surface area (Å²) >= 11 is 6.19. The van der Waals surface area contributed by atoms with Crippen molar-refractivity contribution >= 4 is 11.6 Å². The van der Waals surface area contributed by atoms with Gasteiger partial charge in [0.25, 0.3) is 0 Å². The molecule has 1 saturated carbocycles. The number of rotatable bonds is 3. The Kier molecular flexibility index (Phi) is 5.59. The molecule has 32 heavy (non-hydrogen) atoms. The molecule has 1 N–H and O–H groups in total. The summed E-state index contributed by atoms with van der Waals surface area (Å²) in [5.74, 6) is 2.53. The summed E-state index contributed by atoms with van der Waals surface area (Å²) in [6.07, 6.45) is -1.01. The van der Waals surface area contributed by atoms with Crippen molar-refractivity contribution in [3.05, 3.63) is 70.3 Å². The molecular weight excluding hydrogens is 441 g/mol. The first-order valence-electron chi connectivity index (χ1n) is 10.7. The second kappa shape index (κ2) is 8.41. The molecule has 0 atom stereocenters. The van der Waals surface area contributed by atoms with Gasteiger partial charge < -0.3 is 10.1 Å². The van der Waals surface area contributed by atoms with Crippen molar-refractivity contribution in [2.75, 3.05) is 0 Å². The molecule has 2 aliphatic rings.